The normalized spacial score (nSPS) is 13.2. The first-order valence-corrected chi connectivity index (χ1v) is 8.15. The second kappa shape index (κ2) is 7.03. The number of hydrogen-bond donors (Lipinski definition) is 0. The predicted octanol–water partition coefficient (Wildman–Crippen LogP) is 4.83. The van der Waals surface area contributed by atoms with E-state index in [1.54, 1.807) is 12.1 Å². The van der Waals surface area contributed by atoms with Crippen molar-refractivity contribution in [3.63, 3.8) is 0 Å². The zero-order valence-corrected chi connectivity index (χ0v) is 13.9. The molecule has 0 N–H and O–H groups in total. The summed E-state index contributed by atoms with van der Waals surface area (Å²) in [5.41, 5.74) is 4.11. The predicted molar refractivity (Wildman–Crippen MR) is 95.3 cm³/mol. The van der Waals surface area contributed by atoms with E-state index in [0.717, 1.165) is 29.5 Å². The van der Waals surface area contributed by atoms with Crippen molar-refractivity contribution in [1.29, 1.82) is 5.26 Å². The number of carbonyl (C=O) groups excluding carboxylic acids is 1. The van der Waals surface area contributed by atoms with E-state index < -0.39 is 5.97 Å². The van der Waals surface area contributed by atoms with Crippen LogP contribution >= 0.6 is 0 Å². The smallest absolute Gasteiger partial charge is 0.338 e. The van der Waals surface area contributed by atoms with E-state index in [0.29, 0.717) is 23.3 Å². The van der Waals surface area contributed by atoms with Crippen LogP contribution in [0.1, 0.15) is 41.3 Å². The van der Waals surface area contributed by atoms with Crippen molar-refractivity contribution >= 4 is 11.5 Å². The van der Waals surface area contributed by atoms with Gasteiger partial charge in [-0.2, -0.15) is 0 Å². The Bertz CT molecular complexity index is 943. The van der Waals surface area contributed by atoms with E-state index in [9.17, 15) is 10.1 Å². The first-order chi connectivity index (χ1) is 12.2. The molecule has 0 spiro atoms. The molecule has 0 atom stereocenters. The minimum Gasteiger partial charge on any atom is -0.462 e. The van der Waals surface area contributed by atoms with Crippen molar-refractivity contribution in [2.45, 2.75) is 19.8 Å². The molecule has 0 saturated carbocycles. The second-order valence-electron chi connectivity index (χ2n) is 5.71. The highest BCUT2D eigenvalue weighted by atomic mass is 16.5. The van der Waals surface area contributed by atoms with Crippen molar-refractivity contribution in [2.24, 2.45) is 0 Å². The Hall–Kier alpha value is -3.37. The summed E-state index contributed by atoms with van der Waals surface area (Å²) >= 11 is 0. The standard InChI is InChI=1S/C21H16N2O2/c1-3-4-12-25-21(24)17-11-7-10-15-14-8-5-6-9-16(14)20(19(15)17)18(13-22)23-2/h5-11H,3-4,12H2,1H3/b20-18+. The van der Waals surface area contributed by atoms with Gasteiger partial charge in [-0.05, 0) is 34.7 Å². The van der Waals surface area contributed by atoms with Crippen molar-refractivity contribution < 1.29 is 9.53 Å². The molecule has 25 heavy (non-hydrogen) atoms. The number of unbranched alkanes of at least 4 members (excludes halogenated alkanes) is 1. The molecule has 1 aliphatic rings. The first kappa shape index (κ1) is 16.5. The molecule has 0 heterocycles. The highest BCUT2D eigenvalue weighted by molar-refractivity contribution is 6.10. The van der Waals surface area contributed by atoms with Gasteiger partial charge in [0, 0.05) is 5.57 Å². The quantitative estimate of drug-likeness (QED) is 0.298. The van der Waals surface area contributed by atoms with Gasteiger partial charge in [0.1, 0.15) is 0 Å². The molecule has 0 fully saturated rings. The number of ether oxygens (including phenoxy) is 1. The van der Waals surface area contributed by atoms with Crippen LogP contribution in [-0.4, -0.2) is 12.6 Å². The summed E-state index contributed by atoms with van der Waals surface area (Å²) in [6, 6.07) is 14.9. The van der Waals surface area contributed by atoms with Crippen LogP contribution in [0.5, 0.6) is 0 Å². The molecule has 0 radical (unpaired) electrons. The minimum absolute atomic E-state index is 0.0139. The average molecular weight is 328 g/mol. The molecule has 3 rings (SSSR count). The number of hydrogen-bond acceptors (Lipinski definition) is 3. The Morgan fingerprint density at radius 1 is 1.16 bits per heavy atom. The fourth-order valence-electron chi connectivity index (χ4n) is 3.06. The summed E-state index contributed by atoms with van der Waals surface area (Å²) in [6.45, 7) is 9.74. The van der Waals surface area contributed by atoms with Gasteiger partial charge in [-0.25, -0.2) is 14.9 Å². The van der Waals surface area contributed by atoms with Crippen molar-refractivity contribution in [3.8, 4) is 17.2 Å². The summed E-state index contributed by atoms with van der Waals surface area (Å²) in [7, 11) is 0. The van der Waals surface area contributed by atoms with Gasteiger partial charge in [0.2, 0.25) is 0 Å². The Kier molecular flexibility index (Phi) is 4.64. The summed E-state index contributed by atoms with van der Waals surface area (Å²) in [5, 5.41) is 9.40. The number of esters is 1. The van der Waals surface area contributed by atoms with E-state index in [2.05, 4.69) is 4.85 Å². The third kappa shape index (κ3) is 2.79. The number of nitriles is 1. The summed E-state index contributed by atoms with van der Waals surface area (Å²) in [4.78, 5) is 15.9. The SMILES string of the molecule is [C-]#[N+]/C(C#N)=C1\c2ccccc2-c2cccc(C(=O)OCCCC)c21. The number of carbonyl (C=O) groups is 1. The van der Waals surface area contributed by atoms with E-state index in [1.165, 1.54) is 0 Å². The zero-order chi connectivity index (χ0) is 17.8. The molecule has 122 valence electrons. The van der Waals surface area contributed by atoms with Crippen LogP contribution in [0.15, 0.2) is 48.2 Å². The van der Waals surface area contributed by atoms with Gasteiger partial charge >= 0.3 is 5.97 Å². The number of allylic oxidation sites excluding steroid dienone is 1. The Balaban J connectivity index is 2.21. The van der Waals surface area contributed by atoms with Gasteiger partial charge in [-0.3, -0.25) is 0 Å². The van der Waals surface area contributed by atoms with Crippen LogP contribution < -0.4 is 0 Å². The molecule has 0 bridgehead atoms. The lowest BCUT2D eigenvalue weighted by Gasteiger charge is -2.10. The summed E-state index contributed by atoms with van der Waals surface area (Å²) in [6.07, 6.45) is 1.74. The van der Waals surface area contributed by atoms with E-state index >= 15 is 0 Å². The topological polar surface area (TPSA) is 54.5 Å². The highest BCUT2D eigenvalue weighted by Crippen LogP contribution is 2.47. The molecule has 1 aliphatic carbocycles. The molecule has 2 aromatic rings. The molecule has 0 aliphatic heterocycles. The maximum atomic E-state index is 12.6. The first-order valence-electron chi connectivity index (χ1n) is 8.15. The number of rotatable bonds is 4. The molecule has 0 unspecified atom stereocenters. The highest BCUT2D eigenvalue weighted by Gasteiger charge is 2.30. The van der Waals surface area contributed by atoms with Crippen LogP contribution in [0.25, 0.3) is 21.5 Å². The summed E-state index contributed by atoms with van der Waals surface area (Å²) < 4.78 is 5.37. The fourth-order valence-corrected chi connectivity index (χ4v) is 3.06. The third-order valence-electron chi connectivity index (χ3n) is 4.21. The van der Waals surface area contributed by atoms with Crippen LogP contribution in [-0.2, 0) is 4.74 Å². The van der Waals surface area contributed by atoms with Crippen molar-refractivity contribution in [3.05, 3.63) is 76.3 Å². The van der Waals surface area contributed by atoms with Gasteiger partial charge < -0.3 is 4.74 Å². The van der Waals surface area contributed by atoms with Crippen molar-refractivity contribution in [1.82, 2.24) is 0 Å². The third-order valence-corrected chi connectivity index (χ3v) is 4.21. The second-order valence-corrected chi connectivity index (χ2v) is 5.71. The summed E-state index contributed by atoms with van der Waals surface area (Å²) in [5.74, 6) is -0.419. The molecule has 2 aromatic carbocycles. The van der Waals surface area contributed by atoms with Gasteiger partial charge in [-0.15, -0.1) is 0 Å². The maximum Gasteiger partial charge on any atom is 0.338 e. The number of benzene rings is 2. The van der Waals surface area contributed by atoms with E-state index in [-0.39, 0.29) is 5.70 Å². The van der Waals surface area contributed by atoms with Gasteiger partial charge in [0.15, 0.2) is 0 Å². The number of nitrogens with zero attached hydrogens (tertiary/aromatic N) is 2. The lowest BCUT2D eigenvalue weighted by Crippen LogP contribution is -2.09. The molecule has 0 aromatic heterocycles. The number of fused-ring (bicyclic) bond motifs is 3. The Morgan fingerprint density at radius 2 is 1.88 bits per heavy atom. The maximum absolute atomic E-state index is 12.6. The molecule has 0 saturated heterocycles. The molecule has 0 amide bonds. The van der Waals surface area contributed by atoms with Gasteiger partial charge in [0.05, 0.1) is 24.8 Å². The minimum atomic E-state index is -0.419. The Morgan fingerprint density at radius 3 is 2.56 bits per heavy atom. The average Bonchev–Trinajstić information content (AvgIpc) is 2.98. The zero-order valence-electron chi connectivity index (χ0n) is 13.9. The largest absolute Gasteiger partial charge is 0.462 e. The lowest BCUT2D eigenvalue weighted by molar-refractivity contribution is 0.0499. The van der Waals surface area contributed by atoms with Crippen LogP contribution in [0, 0.1) is 17.9 Å². The molecular formula is C21H16N2O2. The van der Waals surface area contributed by atoms with Gasteiger partial charge in [0.25, 0.3) is 5.70 Å². The molecule has 4 heteroatoms. The van der Waals surface area contributed by atoms with E-state index in [4.69, 9.17) is 11.3 Å². The van der Waals surface area contributed by atoms with Crippen LogP contribution in [0.3, 0.4) is 0 Å². The molecular weight excluding hydrogens is 312 g/mol. The molecule has 4 nitrogen and oxygen atoms in total. The monoisotopic (exact) mass is 328 g/mol. The van der Waals surface area contributed by atoms with Crippen molar-refractivity contribution in [2.75, 3.05) is 6.61 Å². The van der Waals surface area contributed by atoms with Crippen LogP contribution in [0.4, 0.5) is 0 Å². The van der Waals surface area contributed by atoms with E-state index in [1.807, 2.05) is 43.3 Å². The van der Waals surface area contributed by atoms with Gasteiger partial charge in [-0.1, -0.05) is 49.7 Å². The Labute approximate surface area is 146 Å². The fraction of sp³-hybridized carbons (Fsp3) is 0.190. The van der Waals surface area contributed by atoms with Crippen LogP contribution in [0.2, 0.25) is 0 Å². The lowest BCUT2D eigenvalue weighted by atomic mass is 9.97.